The van der Waals surface area contributed by atoms with Gasteiger partial charge in [0, 0.05) is 29.2 Å². The monoisotopic (exact) mass is 439 g/mol. The first-order valence-electron chi connectivity index (χ1n) is 10.7. The number of amidine groups is 1. The van der Waals surface area contributed by atoms with Crippen LogP contribution in [0, 0.1) is 17.3 Å². The summed E-state index contributed by atoms with van der Waals surface area (Å²) in [5.74, 6) is 1.93. The van der Waals surface area contributed by atoms with Crippen LogP contribution in [0.25, 0.3) is 0 Å². The molecule has 1 aromatic carbocycles. The second-order valence-corrected chi connectivity index (χ2v) is 9.36. The van der Waals surface area contributed by atoms with Gasteiger partial charge in [-0.2, -0.15) is 0 Å². The van der Waals surface area contributed by atoms with Crippen LogP contribution < -0.4 is 10.2 Å². The lowest BCUT2D eigenvalue weighted by molar-refractivity contribution is -0.128. The Hall–Kier alpha value is -1.26. The van der Waals surface area contributed by atoms with E-state index in [1.54, 1.807) is 0 Å². The Kier molecular flexibility index (Phi) is 8.42. The van der Waals surface area contributed by atoms with Gasteiger partial charge in [-0.25, -0.2) is 0 Å². The number of carbonyl (C=O) groups is 1. The van der Waals surface area contributed by atoms with E-state index in [2.05, 4.69) is 51.8 Å². The Morgan fingerprint density at radius 3 is 2.24 bits per heavy atom. The molecule has 1 aliphatic rings. The molecule has 6 heteroatoms. The number of nitrogens with one attached hydrogen (secondary N) is 1. The summed E-state index contributed by atoms with van der Waals surface area (Å²) < 4.78 is 0. The Bertz CT molecular complexity index is 711. The standard InChI is InChI=1S/C23H35Cl2N3O/c1-7-23(8-2,22(29)27-19(13-24)15(3)4)21-26-20(16(5)6)14-28(21)18-11-9-17(25)10-12-18/h9-12,15-16,19-20H,7-8,13-14H2,1-6H3,(H,27,29)/t19-,20-/m1/s1. The zero-order valence-electron chi connectivity index (χ0n) is 18.5. The summed E-state index contributed by atoms with van der Waals surface area (Å²) >= 11 is 12.2. The van der Waals surface area contributed by atoms with Crippen LogP contribution in [-0.2, 0) is 4.79 Å². The van der Waals surface area contributed by atoms with E-state index < -0.39 is 5.41 Å². The Balaban J connectivity index is 2.48. The van der Waals surface area contributed by atoms with Gasteiger partial charge in [0.05, 0.1) is 6.04 Å². The number of alkyl halides is 1. The van der Waals surface area contributed by atoms with Crippen molar-refractivity contribution in [3.63, 3.8) is 0 Å². The maximum atomic E-state index is 13.6. The number of nitrogens with zero attached hydrogens (tertiary/aromatic N) is 2. The average Bonchev–Trinajstić information content (AvgIpc) is 3.14. The Morgan fingerprint density at radius 2 is 1.79 bits per heavy atom. The van der Waals surface area contributed by atoms with E-state index in [0.717, 1.165) is 18.1 Å². The molecule has 0 spiro atoms. The minimum Gasteiger partial charge on any atom is -0.351 e. The quantitative estimate of drug-likeness (QED) is 0.496. The number of amides is 1. The molecule has 0 aromatic heterocycles. The molecule has 0 fully saturated rings. The third-order valence-electron chi connectivity index (χ3n) is 6.18. The second-order valence-electron chi connectivity index (χ2n) is 8.62. The van der Waals surface area contributed by atoms with Gasteiger partial charge in [0.25, 0.3) is 0 Å². The van der Waals surface area contributed by atoms with Gasteiger partial charge in [-0.3, -0.25) is 9.79 Å². The van der Waals surface area contributed by atoms with Crippen LogP contribution in [0.3, 0.4) is 0 Å². The normalized spacial score (nSPS) is 18.3. The number of hydrogen-bond acceptors (Lipinski definition) is 3. The maximum Gasteiger partial charge on any atom is 0.234 e. The summed E-state index contributed by atoms with van der Waals surface area (Å²) in [7, 11) is 0. The van der Waals surface area contributed by atoms with Crippen molar-refractivity contribution in [1.82, 2.24) is 5.32 Å². The molecule has 0 saturated heterocycles. The summed E-state index contributed by atoms with van der Waals surface area (Å²) in [5.41, 5.74) is 0.329. The lowest BCUT2D eigenvalue weighted by Gasteiger charge is -2.37. The number of anilines is 1. The fourth-order valence-corrected chi connectivity index (χ4v) is 4.37. The topological polar surface area (TPSA) is 44.7 Å². The van der Waals surface area contributed by atoms with Crippen LogP contribution in [0.5, 0.6) is 0 Å². The molecule has 162 valence electrons. The smallest absolute Gasteiger partial charge is 0.234 e. The first kappa shape index (κ1) is 24.0. The summed E-state index contributed by atoms with van der Waals surface area (Å²) in [5, 5.41) is 3.91. The number of carbonyl (C=O) groups excluding carboxylic acids is 1. The highest BCUT2D eigenvalue weighted by molar-refractivity contribution is 6.30. The molecular weight excluding hydrogens is 405 g/mol. The third kappa shape index (κ3) is 5.08. The molecule has 0 unspecified atom stereocenters. The minimum atomic E-state index is -0.692. The third-order valence-corrected chi connectivity index (χ3v) is 6.76. The van der Waals surface area contributed by atoms with Crippen molar-refractivity contribution >= 4 is 40.6 Å². The maximum absolute atomic E-state index is 13.6. The van der Waals surface area contributed by atoms with Crippen molar-refractivity contribution in [2.24, 2.45) is 22.2 Å². The molecule has 1 N–H and O–H groups in total. The van der Waals surface area contributed by atoms with Gasteiger partial charge >= 0.3 is 0 Å². The zero-order valence-corrected chi connectivity index (χ0v) is 20.0. The summed E-state index contributed by atoms with van der Waals surface area (Å²) in [6.07, 6.45) is 1.35. The predicted molar refractivity (Wildman–Crippen MR) is 125 cm³/mol. The first-order chi connectivity index (χ1) is 13.7. The molecule has 29 heavy (non-hydrogen) atoms. The molecule has 0 saturated carbocycles. The van der Waals surface area contributed by atoms with E-state index >= 15 is 0 Å². The van der Waals surface area contributed by atoms with Crippen LogP contribution in [0.15, 0.2) is 29.3 Å². The SMILES string of the molecule is CCC(CC)(C(=O)N[C@H](CCl)C(C)C)C1=N[C@@H](C(C)C)CN1c1ccc(Cl)cc1. The molecule has 0 radical (unpaired) electrons. The van der Waals surface area contributed by atoms with Gasteiger partial charge in [0.15, 0.2) is 0 Å². The largest absolute Gasteiger partial charge is 0.351 e. The van der Waals surface area contributed by atoms with Crippen LogP contribution in [0.4, 0.5) is 5.69 Å². The van der Waals surface area contributed by atoms with Gasteiger partial charge < -0.3 is 10.2 Å². The van der Waals surface area contributed by atoms with Crippen molar-refractivity contribution in [2.45, 2.75) is 66.5 Å². The Morgan fingerprint density at radius 1 is 1.21 bits per heavy atom. The lowest BCUT2D eigenvalue weighted by atomic mass is 9.78. The van der Waals surface area contributed by atoms with E-state index in [-0.39, 0.29) is 23.9 Å². The van der Waals surface area contributed by atoms with Crippen LogP contribution >= 0.6 is 23.2 Å². The average molecular weight is 440 g/mol. The second kappa shape index (κ2) is 10.2. The molecule has 2 rings (SSSR count). The van der Waals surface area contributed by atoms with Gasteiger partial charge in [-0.15, -0.1) is 11.6 Å². The molecule has 0 bridgehead atoms. The van der Waals surface area contributed by atoms with E-state index in [9.17, 15) is 4.79 Å². The van der Waals surface area contributed by atoms with Crippen molar-refractivity contribution in [3.05, 3.63) is 29.3 Å². The number of hydrogen-bond donors (Lipinski definition) is 1. The van der Waals surface area contributed by atoms with E-state index in [1.807, 2.05) is 24.3 Å². The molecule has 1 aromatic rings. The fourth-order valence-electron chi connectivity index (χ4n) is 3.81. The molecule has 0 aliphatic carbocycles. The number of benzene rings is 1. The van der Waals surface area contributed by atoms with Gasteiger partial charge in [0.1, 0.15) is 11.3 Å². The number of aliphatic imine (C=N–C) groups is 1. The lowest BCUT2D eigenvalue weighted by Crippen LogP contribution is -2.54. The summed E-state index contributed by atoms with van der Waals surface area (Å²) in [4.78, 5) is 20.9. The molecule has 4 nitrogen and oxygen atoms in total. The first-order valence-corrected chi connectivity index (χ1v) is 11.6. The Labute approximate surface area is 186 Å². The van der Waals surface area contributed by atoms with Gasteiger partial charge in [0.2, 0.25) is 5.91 Å². The molecule has 1 heterocycles. The van der Waals surface area contributed by atoms with E-state index in [0.29, 0.717) is 29.7 Å². The molecule has 1 aliphatic heterocycles. The highest BCUT2D eigenvalue weighted by Crippen LogP contribution is 2.37. The molecule has 2 atom stereocenters. The van der Waals surface area contributed by atoms with E-state index in [4.69, 9.17) is 28.2 Å². The van der Waals surface area contributed by atoms with Gasteiger partial charge in [-0.05, 0) is 48.9 Å². The molecule has 1 amide bonds. The fraction of sp³-hybridized carbons (Fsp3) is 0.652. The van der Waals surface area contributed by atoms with Crippen LogP contribution in [0.2, 0.25) is 5.02 Å². The zero-order chi connectivity index (χ0) is 21.8. The minimum absolute atomic E-state index is 0.0176. The predicted octanol–water partition coefficient (Wildman–Crippen LogP) is 5.77. The van der Waals surface area contributed by atoms with Crippen molar-refractivity contribution in [2.75, 3.05) is 17.3 Å². The molecular formula is C23H35Cl2N3O. The van der Waals surface area contributed by atoms with Crippen molar-refractivity contribution in [1.29, 1.82) is 0 Å². The van der Waals surface area contributed by atoms with Crippen LogP contribution in [0.1, 0.15) is 54.4 Å². The van der Waals surface area contributed by atoms with E-state index in [1.165, 1.54) is 0 Å². The highest BCUT2D eigenvalue weighted by Gasteiger charge is 2.47. The van der Waals surface area contributed by atoms with Gasteiger partial charge in [-0.1, -0.05) is 53.1 Å². The van der Waals surface area contributed by atoms with Crippen molar-refractivity contribution < 1.29 is 4.79 Å². The van der Waals surface area contributed by atoms with Crippen LogP contribution in [-0.4, -0.2) is 36.3 Å². The van der Waals surface area contributed by atoms with Crippen molar-refractivity contribution in [3.8, 4) is 0 Å². The summed E-state index contributed by atoms with van der Waals surface area (Å²) in [6.45, 7) is 13.4. The highest BCUT2D eigenvalue weighted by atomic mass is 35.5. The number of rotatable bonds is 9. The number of halogens is 2. The summed E-state index contributed by atoms with van der Waals surface area (Å²) in [6, 6.07) is 7.88.